The van der Waals surface area contributed by atoms with Gasteiger partial charge in [-0.3, -0.25) is 14.5 Å². The number of hydrogen-bond acceptors (Lipinski definition) is 6. The molecule has 168 valence electrons. The summed E-state index contributed by atoms with van der Waals surface area (Å²) in [6.45, 7) is 4.10. The summed E-state index contributed by atoms with van der Waals surface area (Å²) in [5.74, 6) is 0.293. The third-order valence-electron chi connectivity index (χ3n) is 5.04. The second kappa shape index (κ2) is 12.4. The lowest BCUT2D eigenvalue weighted by Crippen LogP contribution is -2.38. The number of benzene rings is 2. The van der Waals surface area contributed by atoms with Crippen LogP contribution in [0, 0.1) is 11.3 Å². The van der Waals surface area contributed by atoms with Gasteiger partial charge in [0.1, 0.15) is 5.75 Å². The summed E-state index contributed by atoms with van der Waals surface area (Å²) in [5, 5.41) is 14.4. The maximum atomic E-state index is 12.2. The van der Waals surface area contributed by atoms with E-state index in [9.17, 15) is 9.59 Å². The third-order valence-corrected chi connectivity index (χ3v) is 5.04. The van der Waals surface area contributed by atoms with E-state index in [2.05, 4.69) is 21.6 Å². The predicted octanol–water partition coefficient (Wildman–Crippen LogP) is 2.11. The smallest absolute Gasteiger partial charge is 0.258 e. The zero-order valence-corrected chi connectivity index (χ0v) is 18.0. The van der Waals surface area contributed by atoms with Crippen molar-refractivity contribution in [3.63, 3.8) is 0 Å². The zero-order chi connectivity index (χ0) is 22.6. The number of carbonyl (C=O) groups excluding carboxylic acids is 2. The second-order valence-corrected chi connectivity index (χ2v) is 7.50. The normalized spacial score (nSPS) is 13.7. The number of anilines is 1. The van der Waals surface area contributed by atoms with E-state index in [0.717, 1.165) is 37.4 Å². The number of hydrogen-bond donors (Lipinski definition) is 2. The summed E-state index contributed by atoms with van der Waals surface area (Å²) in [7, 11) is 0. The third kappa shape index (κ3) is 8.02. The van der Waals surface area contributed by atoms with E-state index in [-0.39, 0.29) is 18.4 Å². The van der Waals surface area contributed by atoms with Crippen LogP contribution in [0.1, 0.15) is 17.5 Å². The molecule has 3 rings (SSSR count). The number of nitrogens with one attached hydrogen (secondary N) is 2. The Bertz CT molecular complexity index is 934. The Kier molecular flexibility index (Phi) is 9.05. The number of nitriles is 1. The molecule has 2 amide bonds. The molecule has 0 unspecified atom stereocenters. The van der Waals surface area contributed by atoms with Gasteiger partial charge in [-0.1, -0.05) is 24.3 Å². The van der Waals surface area contributed by atoms with Crippen LogP contribution in [0.25, 0.3) is 0 Å². The van der Waals surface area contributed by atoms with Gasteiger partial charge in [0.15, 0.2) is 6.61 Å². The Hall–Kier alpha value is -3.41. The van der Waals surface area contributed by atoms with Crippen LogP contribution in [0.4, 0.5) is 5.69 Å². The summed E-state index contributed by atoms with van der Waals surface area (Å²) in [6, 6.07) is 16.6. The summed E-state index contributed by atoms with van der Waals surface area (Å²) in [5.41, 5.74) is 2.49. The molecule has 1 heterocycles. The molecule has 2 aromatic carbocycles. The molecular weight excluding hydrogens is 408 g/mol. The molecule has 32 heavy (non-hydrogen) atoms. The van der Waals surface area contributed by atoms with E-state index >= 15 is 0 Å². The van der Waals surface area contributed by atoms with Crippen LogP contribution in [-0.4, -0.2) is 56.2 Å². The maximum absolute atomic E-state index is 12.2. The number of morpholine rings is 1. The first-order chi connectivity index (χ1) is 15.6. The number of amides is 2. The molecule has 1 aliphatic rings. The van der Waals surface area contributed by atoms with Crippen molar-refractivity contribution in [1.29, 1.82) is 5.26 Å². The minimum absolute atomic E-state index is 0.0353. The lowest BCUT2D eigenvalue weighted by molar-refractivity contribution is -0.123. The monoisotopic (exact) mass is 436 g/mol. The molecule has 0 aromatic heterocycles. The molecule has 2 aromatic rings. The van der Waals surface area contributed by atoms with Gasteiger partial charge in [-0.2, -0.15) is 5.26 Å². The molecule has 0 atom stereocenters. The van der Waals surface area contributed by atoms with Crippen molar-refractivity contribution in [1.82, 2.24) is 10.2 Å². The molecule has 8 heteroatoms. The average Bonchev–Trinajstić information content (AvgIpc) is 2.82. The first-order valence-electron chi connectivity index (χ1n) is 10.7. The van der Waals surface area contributed by atoms with Gasteiger partial charge in [-0.25, -0.2) is 0 Å². The Balaban J connectivity index is 1.38. The highest BCUT2D eigenvalue weighted by Gasteiger charge is 2.12. The van der Waals surface area contributed by atoms with Crippen molar-refractivity contribution >= 4 is 17.5 Å². The fourth-order valence-corrected chi connectivity index (χ4v) is 3.26. The Labute approximate surface area is 188 Å². The van der Waals surface area contributed by atoms with Crippen LogP contribution < -0.4 is 15.4 Å². The summed E-state index contributed by atoms with van der Waals surface area (Å²) in [6.07, 6.45) is 0.768. The van der Waals surface area contributed by atoms with E-state index < -0.39 is 0 Å². The fourth-order valence-electron chi connectivity index (χ4n) is 3.26. The molecule has 1 aliphatic heterocycles. The van der Waals surface area contributed by atoms with Gasteiger partial charge < -0.3 is 20.1 Å². The van der Waals surface area contributed by atoms with Gasteiger partial charge in [-0.05, 0) is 35.4 Å². The molecule has 0 aliphatic carbocycles. The van der Waals surface area contributed by atoms with E-state index in [1.807, 2.05) is 24.3 Å². The van der Waals surface area contributed by atoms with Gasteiger partial charge in [0, 0.05) is 38.3 Å². The first-order valence-corrected chi connectivity index (χ1v) is 10.7. The number of nitrogens with zero attached hydrogens (tertiary/aromatic N) is 2. The van der Waals surface area contributed by atoms with Gasteiger partial charge >= 0.3 is 0 Å². The Morgan fingerprint density at radius 1 is 1.06 bits per heavy atom. The van der Waals surface area contributed by atoms with Crippen molar-refractivity contribution in [2.24, 2.45) is 0 Å². The molecule has 8 nitrogen and oxygen atoms in total. The highest BCUT2D eigenvalue weighted by atomic mass is 16.5. The Morgan fingerprint density at radius 3 is 2.59 bits per heavy atom. The van der Waals surface area contributed by atoms with Crippen molar-refractivity contribution in [3.8, 4) is 11.8 Å². The first kappa shape index (κ1) is 23.3. The molecule has 0 radical (unpaired) electrons. The summed E-state index contributed by atoms with van der Waals surface area (Å²) < 4.78 is 10.8. The van der Waals surface area contributed by atoms with Crippen LogP contribution in [0.2, 0.25) is 0 Å². The summed E-state index contributed by atoms with van der Waals surface area (Å²) in [4.78, 5) is 26.6. The topological polar surface area (TPSA) is 104 Å². The molecule has 0 saturated carbocycles. The van der Waals surface area contributed by atoms with Crippen molar-refractivity contribution in [3.05, 3.63) is 59.7 Å². The highest BCUT2D eigenvalue weighted by Crippen LogP contribution is 2.13. The molecule has 0 spiro atoms. The van der Waals surface area contributed by atoms with Crippen molar-refractivity contribution in [2.45, 2.75) is 19.4 Å². The van der Waals surface area contributed by atoms with Gasteiger partial charge in [0.05, 0.1) is 25.7 Å². The standard InChI is InChI=1S/C24H28N4O4/c25-10-8-19-4-6-22(7-5-19)32-18-24(30)26-17-20-2-1-3-21(16-20)27-23(29)9-11-28-12-14-31-15-13-28/h1-7,16H,8-9,11-15,17-18H2,(H,26,30)(H,27,29). The average molecular weight is 437 g/mol. The fraction of sp³-hybridized carbons (Fsp3) is 0.375. The number of ether oxygens (including phenoxy) is 2. The molecule has 2 N–H and O–H groups in total. The quantitative estimate of drug-likeness (QED) is 0.591. The van der Waals surface area contributed by atoms with Gasteiger partial charge in [0.2, 0.25) is 5.91 Å². The lowest BCUT2D eigenvalue weighted by Gasteiger charge is -2.26. The molecule has 0 bridgehead atoms. The van der Waals surface area contributed by atoms with Crippen LogP contribution in [0.5, 0.6) is 5.75 Å². The second-order valence-electron chi connectivity index (χ2n) is 7.50. The van der Waals surface area contributed by atoms with Crippen LogP contribution in [0.3, 0.4) is 0 Å². The molecule has 1 fully saturated rings. The summed E-state index contributed by atoms with van der Waals surface area (Å²) >= 11 is 0. The largest absolute Gasteiger partial charge is 0.484 e. The van der Waals surface area contributed by atoms with E-state index in [0.29, 0.717) is 37.4 Å². The van der Waals surface area contributed by atoms with Crippen molar-refractivity contribution < 1.29 is 19.1 Å². The molecule has 1 saturated heterocycles. The maximum Gasteiger partial charge on any atom is 0.258 e. The van der Waals surface area contributed by atoms with Gasteiger partial charge in [0.25, 0.3) is 5.91 Å². The van der Waals surface area contributed by atoms with E-state index in [4.69, 9.17) is 14.7 Å². The van der Waals surface area contributed by atoms with Crippen LogP contribution in [-0.2, 0) is 27.3 Å². The van der Waals surface area contributed by atoms with Crippen LogP contribution in [0.15, 0.2) is 48.5 Å². The van der Waals surface area contributed by atoms with Crippen molar-refractivity contribution in [2.75, 3.05) is 44.8 Å². The minimum atomic E-state index is -0.244. The highest BCUT2D eigenvalue weighted by molar-refractivity contribution is 5.90. The van der Waals surface area contributed by atoms with Crippen LogP contribution >= 0.6 is 0 Å². The van der Waals surface area contributed by atoms with E-state index in [1.165, 1.54) is 0 Å². The molecular formula is C24H28N4O4. The Morgan fingerprint density at radius 2 is 1.84 bits per heavy atom. The number of carbonyl (C=O) groups is 2. The van der Waals surface area contributed by atoms with E-state index in [1.54, 1.807) is 24.3 Å². The SMILES string of the molecule is N#CCc1ccc(OCC(=O)NCc2cccc(NC(=O)CCN3CCOCC3)c2)cc1. The minimum Gasteiger partial charge on any atom is -0.484 e. The number of rotatable bonds is 10. The zero-order valence-electron chi connectivity index (χ0n) is 18.0. The van der Waals surface area contributed by atoms with Gasteiger partial charge in [-0.15, -0.1) is 0 Å². The predicted molar refractivity (Wildman–Crippen MR) is 120 cm³/mol. The lowest BCUT2D eigenvalue weighted by atomic mass is 10.2.